The SMILES string of the molecule is CC(=O)Nc1ccsc1CNCCC(=O)NC(C)(C)C. The highest BCUT2D eigenvalue weighted by Gasteiger charge is 2.13. The second kappa shape index (κ2) is 7.40. The Balaban J connectivity index is 2.29. The monoisotopic (exact) mass is 297 g/mol. The maximum absolute atomic E-state index is 11.6. The van der Waals surface area contributed by atoms with Gasteiger partial charge >= 0.3 is 0 Å². The molecular weight excluding hydrogens is 274 g/mol. The smallest absolute Gasteiger partial charge is 0.221 e. The zero-order valence-electron chi connectivity index (χ0n) is 12.5. The summed E-state index contributed by atoms with van der Waals surface area (Å²) < 4.78 is 0. The van der Waals surface area contributed by atoms with Crippen LogP contribution in [0.1, 0.15) is 39.0 Å². The van der Waals surface area contributed by atoms with E-state index in [1.807, 2.05) is 32.2 Å². The first-order valence-electron chi connectivity index (χ1n) is 6.63. The fourth-order valence-corrected chi connectivity index (χ4v) is 2.46. The molecule has 1 aromatic rings. The number of hydrogen-bond acceptors (Lipinski definition) is 4. The second-order valence-electron chi connectivity index (χ2n) is 5.66. The lowest BCUT2D eigenvalue weighted by Gasteiger charge is -2.20. The summed E-state index contributed by atoms with van der Waals surface area (Å²) in [5, 5.41) is 10.9. The molecule has 0 aliphatic carbocycles. The van der Waals surface area contributed by atoms with Crippen LogP contribution in [0, 0.1) is 0 Å². The fourth-order valence-electron chi connectivity index (χ4n) is 1.66. The number of hydrogen-bond donors (Lipinski definition) is 3. The van der Waals surface area contributed by atoms with Gasteiger partial charge in [-0.25, -0.2) is 0 Å². The van der Waals surface area contributed by atoms with E-state index in [-0.39, 0.29) is 17.4 Å². The molecule has 0 unspecified atom stereocenters. The molecule has 6 heteroatoms. The van der Waals surface area contributed by atoms with E-state index in [9.17, 15) is 9.59 Å². The molecule has 5 nitrogen and oxygen atoms in total. The molecule has 0 aliphatic rings. The number of amides is 2. The third-order valence-corrected chi connectivity index (χ3v) is 3.31. The van der Waals surface area contributed by atoms with Crippen LogP contribution < -0.4 is 16.0 Å². The highest BCUT2D eigenvalue weighted by Crippen LogP contribution is 2.21. The number of nitrogens with one attached hydrogen (secondary N) is 3. The van der Waals surface area contributed by atoms with Gasteiger partial charge in [0.15, 0.2) is 0 Å². The van der Waals surface area contributed by atoms with Crippen molar-refractivity contribution in [1.82, 2.24) is 10.6 Å². The first-order chi connectivity index (χ1) is 9.28. The average Bonchev–Trinajstić information content (AvgIpc) is 2.68. The summed E-state index contributed by atoms with van der Waals surface area (Å²) in [7, 11) is 0. The van der Waals surface area contributed by atoms with E-state index in [0.29, 0.717) is 19.5 Å². The Labute approximate surface area is 124 Å². The van der Waals surface area contributed by atoms with Crippen molar-refractivity contribution < 1.29 is 9.59 Å². The Hall–Kier alpha value is -1.40. The summed E-state index contributed by atoms with van der Waals surface area (Å²) in [5.41, 5.74) is 0.651. The van der Waals surface area contributed by atoms with Gasteiger partial charge in [-0.1, -0.05) is 0 Å². The van der Waals surface area contributed by atoms with Crippen LogP contribution in [-0.2, 0) is 16.1 Å². The average molecular weight is 297 g/mol. The number of rotatable bonds is 6. The van der Waals surface area contributed by atoms with Gasteiger partial charge in [0, 0.05) is 36.9 Å². The van der Waals surface area contributed by atoms with Crippen LogP contribution in [0.25, 0.3) is 0 Å². The van der Waals surface area contributed by atoms with Gasteiger partial charge in [-0.15, -0.1) is 11.3 Å². The molecule has 1 aromatic heterocycles. The molecule has 2 amide bonds. The molecule has 0 bridgehead atoms. The minimum atomic E-state index is -0.191. The van der Waals surface area contributed by atoms with Gasteiger partial charge in [-0.2, -0.15) is 0 Å². The standard InChI is InChI=1S/C14H23N3O2S/c1-10(18)16-11-6-8-20-12(11)9-15-7-5-13(19)17-14(2,3)4/h6,8,15H,5,7,9H2,1-4H3,(H,16,18)(H,17,19). The van der Waals surface area contributed by atoms with Gasteiger partial charge in [-0.3, -0.25) is 9.59 Å². The largest absolute Gasteiger partial charge is 0.351 e. The molecule has 1 rings (SSSR count). The molecule has 1 heterocycles. The third kappa shape index (κ3) is 6.68. The van der Waals surface area contributed by atoms with Gasteiger partial charge < -0.3 is 16.0 Å². The molecule has 0 spiro atoms. The molecule has 0 saturated heterocycles. The molecule has 0 saturated carbocycles. The maximum Gasteiger partial charge on any atom is 0.221 e. The number of carbonyl (C=O) groups excluding carboxylic acids is 2. The lowest BCUT2D eigenvalue weighted by Crippen LogP contribution is -2.41. The lowest BCUT2D eigenvalue weighted by molar-refractivity contribution is -0.122. The summed E-state index contributed by atoms with van der Waals surface area (Å²) in [4.78, 5) is 23.7. The summed E-state index contributed by atoms with van der Waals surface area (Å²) in [6, 6.07) is 1.88. The number of anilines is 1. The normalized spacial score (nSPS) is 11.2. The Morgan fingerprint density at radius 2 is 2.00 bits per heavy atom. The minimum absolute atomic E-state index is 0.0401. The van der Waals surface area contributed by atoms with Gasteiger partial charge in [0.2, 0.25) is 11.8 Å². The van der Waals surface area contributed by atoms with Gasteiger partial charge in [0.05, 0.1) is 5.69 Å². The summed E-state index contributed by atoms with van der Waals surface area (Å²) in [6.07, 6.45) is 0.443. The van der Waals surface area contributed by atoms with Crippen molar-refractivity contribution in [3.05, 3.63) is 16.3 Å². The molecule has 0 fully saturated rings. The predicted molar refractivity (Wildman–Crippen MR) is 82.8 cm³/mol. The van der Waals surface area contributed by atoms with E-state index >= 15 is 0 Å². The van der Waals surface area contributed by atoms with Crippen molar-refractivity contribution in [1.29, 1.82) is 0 Å². The zero-order chi connectivity index (χ0) is 15.2. The Morgan fingerprint density at radius 3 is 2.60 bits per heavy atom. The van der Waals surface area contributed by atoms with E-state index in [0.717, 1.165) is 10.6 Å². The Kier molecular flexibility index (Phi) is 6.16. The Bertz CT molecular complexity index is 463. The summed E-state index contributed by atoms with van der Waals surface area (Å²) in [6.45, 7) is 8.64. The first kappa shape index (κ1) is 16.7. The van der Waals surface area contributed by atoms with Crippen molar-refractivity contribution in [3.63, 3.8) is 0 Å². The first-order valence-corrected chi connectivity index (χ1v) is 7.51. The minimum Gasteiger partial charge on any atom is -0.351 e. The van der Waals surface area contributed by atoms with Crippen LogP contribution >= 0.6 is 11.3 Å². The van der Waals surface area contributed by atoms with Crippen LogP contribution in [0.15, 0.2) is 11.4 Å². The number of thiophene rings is 1. The number of carbonyl (C=O) groups is 2. The van der Waals surface area contributed by atoms with Crippen molar-refractivity contribution in [3.8, 4) is 0 Å². The van der Waals surface area contributed by atoms with Crippen molar-refractivity contribution in [2.24, 2.45) is 0 Å². The van der Waals surface area contributed by atoms with Crippen LogP contribution in [0.3, 0.4) is 0 Å². The van der Waals surface area contributed by atoms with Crippen LogP contribution in [0.2, 0.25) is 0 Å². The van der Waals surface area contributed by atoms with Gasteiger partial charge in [0.1, 0.15) is 0 Å². The van der Waals surface area contributed by atoms with Crippen LogP contribution in [0.4, 0.5) is 5.69 Å². The summed E-state index contributed by atoms with van der Waals surface area (Å²) in [5.74, 6) is -0.0348. The molecule has 20 heavy (non-hydrogen) atoms. The zero-order valence-corrected chi connectivity index (χ0v) is 13.3. The molecule has 0 radical (unpaired) electrons. The van der Waals surface area contributed by atoms with Gasteiger partial charge in [0.25, 0.3) is 0 Å². The fraction of sp³-hybridized carbons (Fsp3) is 0.571. The maximum atomic E-state index is 11.6. The molecule has 0 aromatic carbocycles. The van der Waals surface area contributed by atoms with Crippen molar-refractivity contribution in [2.75, 3.05) is 11.9 Å². The van der Waals surface area contributed by atoms with Crippen molar-refractivity contribution >= 4 is 28.8 Å². The van der Waals surface area contributed by atoms with Crippen LogP contribution in [0.5, 0.6) is 0 Å². The molecule has 0 aliphatic heterocycles. The topological polar surface area (TPSA) is 70.2 Å². The van der Waals surface area contributed by atoms with Gasteiger partial charge in [-0.05, 0) is 32.2 Å². The quantitative estimate of drug-likeness (QED) is 0.704. The molecule has 3 N–H and O–H groups in total. The van der Waals surface area contributed by atoms with E-state index in [1.165, 1.54) is 6.92 Å². The lowest BCUT2D eigenvalue weighted by atomic mass is 10.1. The summed E-state index contributed by atoms with van der Waals surface area (Å²) >= 11 is 1.58. The highest BCUT2D eigenvalue weighted by atomic mass is 32.1. The van der Waals surface area contributed by atoms with E-state index < -0.39 is 0 Å². The van der Waals surface area contributed by atoms with E-state index in [4.69, 9.17) is 0 Å². The molecular formula is C14H23N3O2S. The predicted octanol–water partition coefficient (Wildman–Crippen LogP) is 2.10. The molecule has 0 atom stereocenters. The Morgan fingerprint density at radius 1 is 1.30 bits per heavy atom. The second-order valence-corrected chi connectivity index (χ2v) is 6.66. The van der Waals surface area contributed by atoms with Crippen LogP contribution in [-0.4, -0.2) is 23.9 Å². The third-order valence-electron chi connectivity index (χ3n) is 2.38. The highest BCUT2D eigenvalue weighted by molar-refractivity contribution is 7.10. The molecule has 112 valence electrons. The van der Waals surface area contributed by atoms with Crippen molar-refractivity contribution in [2.45, 2.75) is 46.2 Å². The van der Waals surface area contributed by atoms with E-state index in [2.05, 4.69) is 16.0 Å². The van der Waals surface area contributed by atoms with E-state index in [1.54, 1.807) is 11.3 Å².